The van der Waals surface area contributed by atoms with Crippen molar-refractivity contribution in [3.8, 4) is 0 Å². The minimum atomic E-state index is -3.07. The lowest BCUT2D eigenvalue weighted by Gasteiger charge is -2.28. The fourth-order valence-electron chi connectivity index (χ4n) is 1.98. The Bertz CT molecular complexity index is 292. The molecule has 3 N–H and O–H groups in total. The molecule has 1 aliphatic carbocycles. The Morgan fingerprint density at radius 3 is 2.56 bits per heavy atom. The van der Waals surface area contributed by atoms with E-state index in [1.807, 2.05) is 0 Å². The van der Waals surface area contributed by atoms with E-state index in [4.69, 9.17) is 0 Å². The van der Waals surface area contributed by atoms with E-state index in [1.165, 1.54) is 0 Å². The second-order valence-corrected chi connectivity index (χ2v) is 6.27. The van der Waals surface area contributed by atoms with Gasteiger partial charge in [0.25, 0.3) is 0 Å². The van der Waals surface area contributed by atoms with E-state index in [2.05, 4.69) is 10.0 Å². The van der Waals surface area contributed by atoms with Crippen LogP contribution in [0.4, 0.5) is 0 Å². The predicted molar refractivity (Wildman–Crippen MR) is 63.7 cm³/mol. The third-order valence-electron chi connectivity index (χ3n) is 2.85. The summed E-state index contributed by atoms with van der Waals surface area (Å²) < 4.78 is 24.0. The third-order valence-corrected chi connectivity index (χ3v) is 3.58. The molecule has 0 amide bonds. The average molecular weight is 250 g/mol. The first-order valence-electron chi connectivity index (χ1n) is 5.85. The first kappa shape index (κ1) is 13.9. The van der Waals surface area contributed by atoms with E-state index in [0.717, 1.165) is 44.9 Å². The maximum atomic E-state index is 10.8. The van der Waals surface area contributed by atoms with Gasteiger partial charge in [-0.25, -0.2) is 13.1 Å². The zero-order valence-electron chi connectivity index (χ0n) is 9.78. The number of rotatable bonds is 6. The quantitative estimate of drug-likeness (QED) is 0.571. The Balaban J connectivity index is 2.06. The van der Waals surface area contributed by atoms with Gasteiger partial charge in [0, 0.05) is 12.6 Å². The number of hydrogen-bond donors (Lipinski definition) is 3. The van der Waals surface area contributed by atoms with E-state index in [-0.39, 0.29) is 12.1 Å². The minimum Gasteiger partial charge on any atom is -0.392 e. The van der Waals surface area contributed by atoms with Crippen molar-refractivity contribution in [3.05, 3.63) is 0 Å². The Morgan fingerprint density at radius 1 is 1.25 bits per heavy atom. The summed E-state index contributed by atoms with van der Waals surface area (Å²) in [6.45, 7) is 1.19. The van der Waals surface area contributed by atoms with Crippen molar-refractivity contribution in [2.45, 2.75) is 44.2 Å². The second-order valence-electron chi connectivity index (χ2n) is 4.43. The van der Waals surface area contributed by atoms with Crippen molar-refractivity contribution in [1.82, 2.24) is 10.0 Å². The highest BCUT2D eigenvalue weighted by Crippen LogP contribution is 2.17. The first-order chi connectivity index (χ1) is 7.49. The fourth-order valence-corrected chi connectivity index (χ4v) is 2.50. The first-order valence-corrected chi connectivity index (χ1v) is 7.74. The summed E-state index contributed by atoms with van der Waals surface area (Å²) in [5, 5.41) is 13.0. The molecule has 0 aromatic rings. The van der Waals surface area contributed by atoms with Crippen molar-refractivity contribution in [1.29, 1.82) is 0 Å². The lowest BCUT2D eigenvalue weighted by Crippen LogP contribution is -2.43. The Morgan fingerprint density at radius 2 is 1.94 bits per heavy atom. The van der Waals surface area contributed by atoms with Crippen molar-refractivity contribution in [3.63, 3.8) is 0 Å². The second kappa shape index (κ2) is 6.54. The molecule has 0 bridgehead atoms. The average Bonchev–Trinajstić information content (AvgIpc) is 2.18. The smallest absolute Gasteiger partial charge is 0.208 e. The molecule has 96 valence electrons. The highest BCUT2D eigenvalue weighted by atomic mass is 32.2. The van der Waals surface area contributed by atoms with Crippen LogP contribution < -0.4 is 10.0 Å². The molecular formula is C10H22N2O3S. The van der Waals surface area contributed by atoms with Crippen molar-refractivity contribution in [2.75, 3.05) is 19.3 Å². The molecule has 5 nitrogen and oxygen atoms in total. The Labute approximate surface area is 97.7 Å². The van der Waals surface area contributed by atoms with Crippen LogP contribution in [0.3, 0.4) is 0 Å². The van der Waals surface area contributed by atoms with Crippen molar-refractivity contribution < 1.29 is 13.5 Å². The molecule has 1 saturated carbocycles. The number of aliphatic hydroxyl groups excluding tert-OH is 1. The van der Waals surface area contributed by atoms with E-state index in [1.54, 1.807) is 0 Å². The molecule has 0 aromatic carbocycles. The summed E-state index contributed by atoms with van der Waals surface area (Å²) in [5.41, 5.74) is 0. The van der Waals surface area contributed by atoms with Crippen LogP contribution in [0.25, 0.3) is 0 Å². The summed E-state index contributed by atoms with van der Waals surface area (Å²) in [5.74, 6) is 0. The van der Waals surface area contributed by atoms with Crippen LogP contribution in [-0.4, -0.2) is 45.0 Å². The van der Waals surface area contributed by atoms with Crippen LogP contribution in [0.15, 0.2) is 0 Å². The van der Waals surface area contributed by atoms with Crippen LogP contribution in [-0.2, 0) is 10.0 Å². The highest BCUT2D eigenvalue weighted by molar-refractivity contribution is 7.88. The van der Waals surface area contributed by atoms with Gasteiger partial charge in [0.2, 0.25) is 10.0 Å². The largest absolute Gasteiger partial charge is 0.392 e. The van der Waals surface area contributed by atoms with Crippen molar-refractivity contribution >= 4 is 10.0 Å². The fraction of sp³-hybridized carbons (Fsp3) is 1.00. The van der Waals surface area contributed by atoms with Crippen molar-refractivity contribution in [2.24, 2.45) is 0 Å². The van der Waals surface area contributed by atoms with Gasteiger partial charge < -0.3 is 10.4 Å². The molecule has 0 aliphatic heterocycles. The zero-order chi connectivity index (χ0) is 12.0. The number of aliphatic hydroxyl groups is 1. The lowest BCUT2D eigenvalue weighted by atomic mass is 9.92. The summed E-state index contributed by atoms with van der Waals surface area (Å²) in [7, 11) is -3.07. The molecule has 16 heavy (non-hydrogen) atoms. The van der Waals surface area contributed by atoms with Gasteiger partial charge in [-0.2, -0.15) is 0 Å². The van der Waals surface area contributed by atoms with E-state index in [0.29, 0.717) is 6.54 Å². The Hall–Kier alpha value is -0.170. The van der Waals surface area contributed by atoms with Crippen LogP contribution in [0.2, 0.25) is 0 Å². The maximum Gasteiger partial charge on any atom is 0.208 e. The molecule has 0 spiro atoms. The van der Waals surface area contributed by atoms with Gasteiger partial charge in [-0.05, 0) is 25.8 Å². The minimum absolute atomic E-state index is 0.187. The van der Waals surface area contributed by atoms with Gasteiger partial charge in [0.1, 0.15) is 0 Å². The Kier molecular flexibility index (Phi) is 5.68. The molecular weight excluding hydrogens is 228 g/mol. The molecule has 1 fully saturated rings. The normalized spacial score (nSPS) is 26.9. The van der Waals surface area contributed by atoms with Crippen LogP contribution in [0.5, 0.6) is 0 Å². The standard InChI is InChI=1S/C10H22N2O3S/c1-16(14,15)12-8-4-7-11-9-5-2-3-6-10(9)13/h9-13H,2-8H2,1H3/t9-,10-/m1/s1. The van der Waals surface area contributed by atoms with Crippen LogP contribution >= 0.6 is 0 Å². The molecule has 0 heterocycles. The summed E-state index contributed by atoms with van der Waals surface area (Å²) in [6.07, 6.45) is 5.82. The molecule has 0 saturated heterocycles. The third kappa shape index (κ3) is 5.79. The summed E-state index contributed by atoms with van der Waals surface area (Å²) >= 11 is 0. The highest BCUT2D eigenvalue weighted by Gasteiger charge is 2.21. The van der Waals surface area contributed by atoms with Crippen LogP contribution in [0.1, 0.15) is 32.1 Å². The summed E-state index contributed by atoms with van der Waals surface area (Å²) in [6, 6.07) is 0.187. The van der Waals surface area contributed by atoms with Gasteiger partial charge in [0.05, 0.1) is 12.4 Å². The lowest BCUT2D eigenvalue weighted by molar-refractivity contribution is 0.0911. The van der Waals surface area contributed by atoms with E-state index < -0.39 is 10.0 Å². The van der Waals surface area contributed by atoms with E-state index >= 15 is 0 Å². The molecule has 0 unspecified atom stereocenters. The molecule has 6 heteroatoms. The van der Waals surface area contributed by atoms with Crippen LogP contribution in [0, 0.1) is 0 Å². The molecule has 1 rings (SSSR count). The predicted octanol–water partition coefficient (Wildman–Crippen LogP) is -0.181. The molecule has 0 radical (unpaired) electrons. The molecule has 2 atom stereocenters. The maximum absolute atomic E-state index is 10.8. The number of hydrogen-bond acceptors (Lipinski definition) is 4. The molecule has 0 aromatic heterocycles. The van der Waals surface area contributed by atoms with Gasteiger partial charge >= 0.3 is 0 Å². The number of nitrogens with one attached hydrogen (secondary N) is 2. The van der Waals surface area contributed by atoms with Gasteiger partial charge in [-0.15, -0.1) is 0 Å². The zero-order valence-corrected chi connectivity index (χ0v) is 10.6. The molecule has 1 aliphatic rings. The number of sulfonamides is 1. The van der Waals surface area contributed by atoms with E-state index in [9.17, 15) is 13.5 Å². The summed E-state index contributed by atoms with van der Waals surface area (Å²) in [4.78, 5) is 0. The van der Waals surface area contributed by atoms with Gasteiger partial charge in [-0.1, -0.05) is 12.8 Å². The monoisotopic (exact) mass is 250 g/mol. The topological polar surface area (TPSA) is 78.4 Å². The SMILES string of the molecule is CS(=O)(=O)NCCCN[C@@H]1CCCC[C@H]1O. The van der Waals surface area contributed by atoms with Gasteiger partial charge in [-0.3, -0.25) is 0 Å². The van der Waals surface area contributed by atoms with Gasteiger partial charge in [0.15, 0.2) is 0 Å².